The highest BCUT2D eigenvalue weighted by atomic mass is 16.5. The maximum Gasteiger partial charge on any atom is 0.336 e. The number of rotatable bonds is 10. The van der Waals surface area contributed by atoms with Crippen molar-refractivity contribution in [2.45, 2.75) is 51.7 Å². The number of hydrogen-bond acceptors (Lipinski definition) is 5. The third kappa shape index (κ3) is 5.54. The molecule has 2 atom stereocenters. The van der Waals surface area contributed by atoms with Crippen LogP contribution in [0.2, 0.25) is 0 Å². The van der Waals surface area contributed by atoms with Gasteiger partial charge in [-0.1, -0.05) is 31.5 Å². The Kier molecular flexibility index (Phi) is 7.19. The summed E-state index contributed by atoms with van der Waals surface area (Å²) in [5, 5.41) is 14.0. The van der Waals surface area contributed by atoms with E-state index in [-0.39, 0.29) is 6.42 Å². The summed E-state index contributed by atoms with van der Waals surface area (Å²) in [6.07, 6.45) is 3.64. The van der Waals surface area contributed by atoms with E-state index in [2.05, 4.69) is 17.2 Å². The Balaban J connectivity index is 1.46. The van der Waals surface area contributed by atoms with Crippen LogP contribution in [0.3, 0.4) is 0 Å². The largest absolute Gasteiger partial charge is 0.481 e. The summed E-state index contributed by atoms with van der Waals surface area (Å²) in [5.41, 5.74) is 2.56. The van der Waals surface area contributed by atoms with Crippen molar-refractivity contribution < 1.29 is 23.8 Å². The van der Waals surface area contributed by atoms with Crippen molar-refractivity contribution >= 4 is 33.7 Å². The van der Waals surface area contributed by atoms with Gasteiger partial charge >= 0.3 is 11.6 Å². The number of para-hydroxylation sites is 1. The van der Waals surface area contributed by atoms with Crippen LogP contribution >= 0.6 is 0 Å². The number of unbranched alkanes of at least 4 members (excludes halogenated alkanes) is 1. The number of aromatic amines is 1. The third-order valence-electron chi connectivity index (χ3n) is 6.00. The molecule has 182 valence electrons. The number of fused-ring (bicyclic) bond motifs is 2. The predicted molar refractivity (Wildman–Crippen MR) is 133 cm³/mol. The highest BCUT2D eigenvalue weighted by molar-refractivity contribution is 5.88. The lowest BCUT2D eigenvalue weighted by Gasteiger charge is -2.19. The second-order valence-electron chi connectivity index (χ2n) is 8.58. The predicted octanol–water partition coefficient (Wildman–Crippen LogP) is 4.20. The summed E-state index contributed by atoms with van der Waals surface area (Å²) in [6.45, 7) is 3.62. The molecule has 2 heterocycles. The van der Waals surface area contributed by atoms with E-state index in [0.717, 1.165) is 46.7 Å². The van der Waals surface area contributed by atoms with Crippen LogP contribution in [0.25, 0.3) is 21.9 Å². The molecule has 4 rings (SSSR count). The molecule has 2 aromatic heterocycles. The summed E-state index contributed by atoms with van der Waals surface area (Å²) in [6, 6.07) is 13.1. The zero-order valence-corrected chi connectivity index (χ0v) is 19.7. The van der Waals surface area contributed by atoms with E-state index in [1.165, 1.54) is 13.0 Å². The molecule has 1 amide bonds. The lowest BCUT2D eigenvalue weighted by Crippen LogP contribution is -2.47. The minimum atomic E-state index is -1.14. The fourth-order valence-electron chi connectivity index (χ4n) is 4.12. The van der Waals surface area contributed by atoms with Crippen molar-refractivity contribution in [3.8, 4) is 5.75 Å². The van der Waals surface area contributed by atoms with Gasteiger partial charge in [-0.15, -0.1) is 0 Å². The molecule has 8 heteroatoms. The summed E-state index contributed by atoms with van der Waals surface area (Å²) >= 11 is 0. The molecule has 0 aliphatic rings. The van der Waals surface area contributed by atoms with Gasteiger partial charge in [0.2, 0.25) is 0 Å². The Morgan fingerprint density at radius 1 is 1.11 bits per heavy atom. The van der Waals surface area contributed by atoms with Gasteiger partial charge in [0.15, 0.2) is 6.10 Å². The fourth-order valence-corrected chi connectivity index (χ4v) is 4.12. The van der Waals surface area contributed by atoms with E-state index in [4.69, 9.17) is 9.15 Å². The smallest absolute Gasteiger partial charge is 0.336 e. The average molecular weight is 477 g/mol. The number of hydrogen-bond donors (Lipinski definition) is 3. The highest BCUT2D eigenvalue weighted by Crippen LogP contribution is 2.25. The molecule has 0 aliphatic heterocycles. The van der Waals surface area contributed by atoms with Gasteiger partial charge in [-0.25, -0.2) is 9.59 Å². The van der Waals surface area contributed by atoms with Gasteiger partial charge in [0.25, 0.3) is 5.91 Å². The average Bonchev–Trinajstić information content (AvgIpc) is 3.24. The number of carboxylic acids is 1. The molecule has 2 aromatic carbocycles. The molecule has 0 radical (unpaired) electrons. The monoisotopic (exact) mass is 476 g/mol. The van der Waals surface area contributed by atoms with Gasteiger partial charge in [-0.3, -0.25) is 4.79 Å². The maximum atomic E-state index is 12.8. The van der Waals surface area contributed by atoms with E-state index < -0.39 is 29.6 Å². The zero-order valence-electron chi connectivity index (χ0n) is 19.7. The molecule has 3 N–H and O–H groups in total. The summed E-state index contributed by atoms with van der Waals surface area (Å²) in [5.74, 6) is -1.35. The number of benzene rings is 2. The first kappa shape index (κ1) is 24.1. The van der Waals surface area contributed by atoms with E-state index in [9.17, 15) is 19.5 Å². The minimum Gasteiger partial charge on any atom is -0.481 e. The molecule has 0 bridgehead atoms. The van der Waals surface area contributed by atoms with E-state index in [0.29, 0.717) is 11.3 Å². The maximum absolute atomic E-state index is 12.8. The number of nitrogens with one attached hydrogen (secondary N) is 2. The summed E-state index contributed by atoms with van der Waals surface area (Å²) in [7, 11) is 0. The van der Waals surface area contributed by atoms with Crippen molar-refractivity contribution in [1.29, 1.82) is 0 Å². The molecule has 0 saturated carbocycles. The molecule has 0 aliphatic carbocycles. The SMILES string of the molecule is CCCCc1cc(=O)oc2cc(OC(C)C(=O)NC(Cc3c[nH]c4ccccc34)C(=O)O)ccc12. The van der Waals surface area contributed by atoms with Gasteiger partial charge in [0, 0.05) is 41.0 Å². The van der Waals surface area contributed by atoms with Gasteiger partial charge < -0.3 is 24.6 Å². The summed E-state index contributed by atoms with van der Waals surface area (Å²) in [4.78, 5) is 39.7. The van der Waals surface area contributed by atoms with Crippen molar-refractivity contribution in [3.63, 3.8) is 0 Å². The molecule has 4 aromatic rings. The molecule has 0 saturated heterocycles. The lowest BCUT2D eigenvalue weighted by atomic mass is 10.0. The Bertz CT molecular complexity index is 1420. The topological polar surface area (TPSA) is 122 Å². The first-order chi connectivity index (χ1) is 16.9. The fraction of sp³-hybridized carbons (Fsp3) is 0.296. The molecule has 2 unspecified atom stereocenters. The molecular weight excluding hydrogens is 448 g/mol. The van der Waals surface area contributed by atoms with Crippen molar-refractivity contribution in [2.24, 2.45) is 0 Å². The highest BCUT2D eigenvalue weighted by Gasteiger charge is 2.25. The van der Waals surface area contributed by atoms with Gasteiger partial charge in [0.05, 0.1) is 0 Å². The van der Waals surface area contributed by atoms with Crippen LogP contribution in [0, 0.1) is 0 Å². The number of aryl methyl sites for hydroxylation is 1. The van der Waals surface area contributed by atoms with Crippen LogP contribution in [0.1, 0.15) is 37.8 Å². The first-order valence-electron chi connectivity index (χ1n) is 11.7. The minimum absolute atomic E-state index is 0.124. The number of aromatic nitrogens is 1. The van der Waals surface area contributed by atoms with Gasteiger partial charge in [-0.2, -0.15) is 0 Å². The van der Waals surface area contributed by atoms with Gasteiger partial charge in [-0.05, 0) is 49.1 Å². The Labute approximate surface area is 201 Å². The zero-order chi connectivity index (χ0) is 24.9. The summed E-state index contributed by atoms with van der Waals surface area (Å²) < 4.78 is 11.1. The number of carboxylic acid groups (broad SMARTS) is 1. The second kappa shape index (κ2) is 10.5. The van der Waals surface area contributed by atoms with Crippen LogP contribution in [0.5, 0.6) is 5.75 Å². The van der Waals surface area contributed by atoms with Gasteiger partial charge in [0.1, 0.15) is 17.4 Å². The first-order valence-corrected chi connectivity index (χ1v) is 11.7. The number of carbonyl (C=O) groups excluding carboxylic acids is 1. The van der Waals surface area contributed by atoms with Crippen LogP contribution in [0.15, 0.2) is 63.9 Å². The molecular formula is C27H28N2O6. The van der Waals surface area contributed by atoms with E-state index in [1.807, 2.05) is 24.3 Å². The Hall–Kier alpha value is -4.07. The van der Waals surface area contributed by atoms with Crippen molar-refractivity contribution in [2.75, 3.05) is 0 Å². The standard InChI is InChI=1S/C27H28N2O6/c1-3-4-7-17-13-25(30)35-24-14-19(10-11-21(17)24)34-16(2)26(31)29-23(27(32)33)12-18-15-28-22-9-6-5-8-20(18)22/h5-6,8-11,13-16,23,28H,3-4,7,12H2,1-2H3,(H,29,31)(H,32,33). The normalized spacial score (nSPS) is 13.0. The molecule has 35 heavy (non-hydrogen) atoms. The number of amides is 1. The molecule has 0 spiro atoms. The van der Waals surface area contributed by atoms with Crippen LogP contribution in [-0.4, -0.2) is 34.1 Å². The lowest BCUT2D eigenvalue weighted by molar-refractivity contribution is -0.142. The quantitative estimate of drug-likeness (QED) is 0.295. The Morgan fingerprint density at radius 2 is 1.91 bits per heavy atom. The molecule has 0 fully saturated rings. The second-order valence-corrected chi connectivity index (χ2v) is 8.58. The Morgan fingerprint density at radius 3 is 2.69 bits per heavy atom. The van der Waals surface area contributed by atoms with Crippen molar-refractivity contribution in [1.82, 2.24) is 10.3 Å². The van der Waals surface area contributed by atoms with Crippen LogP contribution in [-0.2, 0) is 22.4 Å². The van der Waals surface area contributed by atoms with Crippen molar-refractivity contribution in [3.05, 3.63) is 76.3 Å². The van der Waals surface area contributed by atoms with Crippen LogP contribution < -0.4 is 15.7 Å². The molecule has 8 nitrogen and oxygen atoms in total. The number of ether oxygens (including phenoxy) is 1. The van der Waals surface area contributed by atoms with E-state index >= 15 is 0 Å². The third-order valence-corrected chi connectivity index (χ3v) is 6.00. The van der Waals surface area contributed by atoms with E-state index in [1.54, 1.807) is 24.4 Å². The number of H-pyrrole nitrogens is 1. The number of aliphatic carboxylic acids is 1. The number of carbonyl (C=O) groups is 2. The van der Waals surface area contributed by atoms with Crippen LogP contribution in [0.4, 0.5) is 0 Å².